The van der Waals surface area contributed by atoms with Crippen LogP contribution in [0.15, 0.2) is 72.7 Å². The molecule has 0 N–H and O–H groups in total. The Bertz CT molecular complexity index is 873. The maximum atomic E-state index is 13.1. The van der Waals surface area contributed by atoms with Gasteiger partial charge in [0.25, 0.3) is 10.0 Å². The summed E-state index contributed by atoms with van der Waals surface area (Å²) in [5.74, 6) is 1.29. The zero-order valence-electron chi connectivity index (χ0n) is 15.0. The van der Waals surface area contributed by atoms with Crippen LogP contribution < -0.4 is 13.8 Å². The van der Waals surface area contributed by atoms with Crippen LogP contribution >= 0.6 is 0 Å². The number of nitrogens with zero attached hydrogens (tertiary/aromatic N) is 1. The van der Waals surface area contributed by atoms with Gasteiger partial charge in [-0.1, -0.05) is 18.7 Å². The summed E-state index contributed by atoms with van der Waals surface area (Å²) in [6.45, 7) is 9.62. The fourth-order valence-electron chi connectivity index (χ4n) is 2.46. The van der Waals surface area contributed by atoms with Crippen LogP contribution in [0.1, 0.15) is 5.56 Å². The van der Waals surface area contributed by atoms with E-state index in [0.29, 0.717) is 23.8 Å². The first-order valence-electron chi connectivity index (χ1n) is 8.06. The molecule has 0 aromatic heterocycles. The van der Waals surface area contributed by atoms with Gasteiger partial charge in [-0.25, -0.2) is 8.42 Å². The van der Waals surface area contributed by atoms with Gasteiger partial charge in [0.15, 0.2) is 0 Å². The van der Waals surface area contributed by atoms with E-state index in [9.17, 15) is 8.42 Å². The zero-order valence-corrected chi connectivity index (χ0v) is 15.8. The second kappa shape index (κ2) is 8.58. The van der Waals surface area contributed by atoms with Crippen LogP contribution in [-0.2, 0) is 10.0 Å². The van der Waals surface area contributed by atoms with Gasteiger partial charge in [0, 0.05) is 0 Å². The Balaban J connectivity index is 2.39. The molecule has 0 spiro atoms. The van der Waals surface area contributed by atoms with E-state index in [-0.39, 0.29) is 11.4 Å². The van der Waals surface area contributed by atoms with Crippen LogP contribution in [0, 0.1) is 6.92 Å². The standard InChI is InChI=1S/C20H23NO4S/c1-5-13-21(17-7-9-18(10-8-17)25-14-6-2)26(22,23)19-11-12-20(24-4)16(3)15-19/h5-12,15H,1-2,13-14H2,3-4H3. The first-order valence-corrected chi connectivity index (χ1v) is 9.50. The lowest BCUT2D eigenvalue weighted by Crippen LogP contribution is -2.31. The molecule has 0 atom stereocenters. The third-order valence-electron chi connectivity index (χ3n) is 3.74. The molecule has 0 amide bonds. The minimum Gasteiger partial charge on any atom is -0.496 e. The van der Waals surface area contributed by atoms with Gasteiger partial charge in [0.1, 0.15) is 18.1 Å². The Hall–Kier alpha value is -2.73. The van der Waals surface area contributed by atoms with Crippen molar-refractivity contribution in [3.05, 3.63) is 73.3 Å². The Morgan fingerprint density at radius 2 is 1.77 bits per heavy atom. The van der Waals surface area contributed by atoms with Gasteiger partial charge in [-0.3, -0.25) is 4.31 Å². The molecular weight excluding hydrogens is 350 g/mol. The lowest BCUT2D eigenvalue weighted by molar-refractivity contribution is 0.363. The fourth-order valence-corrected chi connectivity index (χ4v) is 3.98. The summed E-state index contributed by atoms with van der Waals surface area (Å²) in [7, 11) is -2.19. The third kappa shape index (κ3) is 4.26. The predicted molar refractivity (Wildman–Crippen MR) is 105 cm³/mol. The van der Waals surface area contributed by atoms with Crippen LogP contribution in [0.2, 0.25) is 0 Å². The molecule has 2 aromatic rings. The van der Waals surface area contributed by atoms with Gasteiger partial charge >= 0.3 is 0 Å². The minimum atomic E-state index is -3.74. The number of ether oxygens (including phenoxy) is 2. The largest absolute Gasteiger partial charge is 0.496 e. The zero-order chi connectivity index (χ0) is 19.2. The molecule has 0 aliphatic rings. The lowest BCUT2D eigenvalue weighted by Gasteiger charge is -2.24. The van der Waals surface area contributed by atoms with E-state index in [2.05, 4.69) is 13.2 Å². The van der Waals surface area contributed by atoms with E-state index in [4.69, 9.17) is 9.47 Å². The maximum absolute atomic E-state index is 13.1. The summed E-state index contributed by atoms with van der Waals surface area (Å²) in [4.78, 5) is 0.199. The highest BCUT2D eigenvalue weighted by Crippen LogP contribution is 2.28. The Morgan fingerprint density at radius 1 is 1.08 bits per heavy atom. The number of benzene rings is 2. The number of aryl methyl sites for hydroxylation is 1. The summed E-state index contributed by atoms with van der Waals surface area (Å²) in [6, 6.07) is 11.7. The number of hydrogen-bond donors (Lipinski definition) is 0. The lowest BCUT2D eigenvalue weighted by atomic mass is 10.2. The molecule has 0 fully saturated rings. The molecule has 0 aliphatic heterocycles. The SMILES string of the molecule is C=CCOc1ccc(N(CC=C)S(=O)(=O)c2ccc(OC)c(C)c2)cc1. The van der Waals surface area contributed by atoms with Crippen LogP contribution in [0.5, 0.6) is 11.5 Å². The molecule has 0 unspecified atom stereocenters. The van der Waals surface area contributed by atoms with Crippen molar-refractivity contribution in [1.82, 2.24) is 0 Å². The fraction of sp³-hybridized carbons (Fsp3) is 0.200. The van der Waals surface area contributed by atoms with E-state index in [1.165, 1.54) is 4.31 Å². The molecule has 138 valence electrons. The van der Waals surface area contributed by atoms with Crippen LogP contribution in [-0.4, -0.2) is 28.7 Å². The Kier molecular flexibility index (Phi) is 6.46. The highest BCUT2D eigenvalue weighted by Gasteiger charge is 2.24. The van der Waals surface area contributed by atoms with Gasteiger partial charge in [-0.05, 0) is 55.0 Å². The predicted octanol–water partition coefficient (Wildman–Crippen LogP) is 3.95. The first kappa shape index (κ1) is 19.6. The van der Waals surface area contributed by atoms with E-state index in [1.807, 2.05) is 0 Å². The van der Waals surface area contributed by atoms with Crippen LogP contribution in [0.4, 0.5) is 5.69 Å². The molecular formula is C20H23NO4S. The van der Waals surface area contributed by atoms with E-state index in [1.54, 1.807) is 68.7 Å². The summed E-state index contributed by atoms with van der Waals surface area (Å²) in [6.07, 6.45) is 3.20. The van der Waals surface area contributed by atoms with Crippen LogP contribution in [0.3, 0.4) is 0 Å². The van der Waals surface area contributed by atoms with Gasteiger partial charge in [-0.2, -0.15) is 0 Å². The third-order valence-corrected chi connectivity index (χ3v) is 5.53. The van der Waals surface area contributed by atoms with E-state index in [0.717, 1.165) is 5.56 Å². The molecule has 0 bridgehead atoms. The Morgan fingerprint density at radius 3 is 2.31 bits per heavy atom. The number of anilines is 1. The molecule has 26 heavy (non-hydrogen) atoms. The van der Waals surface area contributed by atoms with Crippen molar-refractivity contribution in [2.24, 2.45) is 0 Å². The molecule has 6 heteroatoms. The second-order valence-electron chi connectivity index (χ2n) is 5.55. The first-order chi connectivity index (χ1) is 12.4. The average Bonchev–Trinajstić information content (AvgIpc) is 2.64. The van der Waals surface area contributed by atoms with Gasteiger partial charge in [0.05, 0.1) is 24.2 Å². The number of sulfonamides is 1. The van der Waals surface area contributed by atoms with Crippen molar-refractivity contribution in [2.45, 2.75) is 11.8 Å². The molecule has 0 aliphatic carbocycles. The summed E-state index contributed by atoms with van der Waals surface area (Å²) >= 11 is 0. The van der Waals surface area contributed by atoms with Crippen molar-refractivity contribution in [3.63, 3.8) is 0 Å². The summed E-state index contributed by atoms with van der Waals surface area (Å²) < 4.78 is 38.2. The number of methoxy groups -OCH3 is 1. The number of rotatable bonds is 9. The molecule has 0 heterocycles. The summed E-state index contributed by atoms with van der Waals surface area (Å²) in [5, 5.41) is 0. The van der Waals surface area contributed by atoms with Gasteiger partial charge in [0.2, 0.25) is 0 Å². The second-order valence-corrected chi connectivity index (χ2v) is 7.41. The maximum Gasteiger partial charge on any atom is 0.264 e. The van der Waals surface area contributed by atoms with E-state index < -0.39 is 10.0 Å². The normalized spacial score (nSPS) is 10.8. The molecule has 2 rings (SSSR count). The quantitative estimate of drug-likeness (QED) is 0.625. The average molecular weight is 373 g/mol. The Labute approximate surface area is 155 Å². The highest BCUT2D eigenvalue weighted by molar-refractivity contribution is 7.92. The van der Waals surface area contributed by atoms with Crippen molar-refractivity contribution in [3.8, 4) is 11.5 Å². The molecule has 5 nitrogen and oxygen atoms in total. The monoisotopic (exact) mass is 373 g/mol. The topological polar surface area (TPSA) is 55.8 Å². The van der Waals surface area contributed by atoms with Crippen molar-refractivity contribution < 1.29 is 17.9 Å². The molecule has 0 radical (unpaired) electrons. The molecule has 0 saturated heterocycles. The van der Waals surface area contributed by atoms with Gasteiger partial charge < -0.3 is 9.47 Å². The molecule has 0 saturated carbocycles. The van der Waals surface area contributed by atoms with Crippen molar-refractivity contribution >= 4 is 15.7 Å². The highest BCUT2D eigenvalue weighted by atomic mass is 32.2. The van der Waals surface area contributed by atoms with Crippen LogP contribution in [0.25, 0.3) is 0 Å². The van der Waals surface area contributed by atoms with Crippen molar-refractivity contribution in [2.75, 3.05) is 24.6 Å². The van der Waals surface area contributed by atoms with Gasteiger partial charge in [-0.15, -0.1) is 6.58 Å². The van der Waals surface area contributed by atoms with Crippen molar-refractivity contribution in [1.29, 1.82) is 0 Å². The van der Waals surface area contributed by atoms with E-state index >= 15 is 0 Å². The smallest absolute Gasteiger partial charge is 0.264 e. The summed E-state index contributed by atoms with van der Waals surface area (Å²) in [5.41, 5.74) is 1.28. The molecule has 2 aromatic carbocycles. The number of hydrogen-bond acceptors (Lipinski definition) is 4. The minimum absolute atomic E-state index is 0.153.